The normalized spacial score (nSPS) is 19.8. The highest BCUT2D eigenvalue weighted by atomic mass is 32.2. The number of carboxylic acids is 1. The van der Waals surface area contributed by atoms with Crippen LogP contribution in [0, 0.1) is 11.7 Å². The lowest BCUT2D eigenvalue weighted by atomic mass is 9.85. The van der Waals surface area contributed by atoms with Crippen molar-refractivity contribution in [1.29, 1.82) is 0 Å². The minimum Gasteiger partial charge on any atom is -0.481 e. The van der Waals surface area contributed by atoms with Gasteiger partial charge in [-0.25, -0.2) is 22.5 Å². The lowest BCUT2D eigenvalue weighted by Gasteiger charge is -2.29. The largest absolute Gasteiger partial charge is 0.481 e. The molecule has 0 saturated heterocycles. The number of aliphatic carboxylic acids is 1. The first kappa shape index (κ1) is 26.0. The predicted molar refractivity (Wildman–Crippen MR) is 136 cm³/mol. The van der Waals surface area contributed by atoms with Gasteiger partial charge in [0.2, 0.25) is 15.9 Å². The van der Waals surface area contributed by atoms with Crippen molar-refractivity contribution in [2.45, 2.75) is 55.5 Å². The maximum atomic E-state index is 15.9. The second-order valence-electron chi connectivity index (χ2n) is 9.57. The number of rotatable bonds is 9. The lowest BCUT2D eigenvalue weighted by Crippen LogP contribution is -2.32. The molecule has 5 rings (SSSR count). The molecule has 2 fully saturated rings. The molecule has 3 N–H and O–H groups in total. The van der Waals surface area contributed by atoms with Gasteiger partial charge in [-0.15, -0.1) is 0 Å². The molecule has 0 aliphatic heterocycles. The van der Waals surface area contributed by atoms with Gasteiger partial charge < -0.3 is 19.9 Å². The van der Waals surface area contributed by atoms with E-state index in [1.165, 1.54) is 32.7 Å². The number of carbonyl (C=O) groups is 1. The molecule has 3 aromatic rings. The number of benzene rings is 1. The smallest absolute Gasteiger partial charge is 0.319 e. The fourth-order valence-corrected chi connectivity index (χ4v) is 6.22. The summed E-state index contributed by atoms with van der Waals surface area (Å²) >= 11 is 0. The van der Waals surface area contributed by atoms with E-state index >= 15 is 4.39 Å². The van der Waals surface area contributed by atoms with Crippen molar-refractivity contribution in [3.8, 4) is 23.0 Å². The lowest BCUT2D eigenvalue weighted by molar-refractivity contribution is -0.142. The molecule has 2 aliphatic rings. The maximum absolute atomic E-state index is 15.9. The van der Waals surface area contributed by atoms with Crippen LogP contribution in [0.4, 0.5) is 10.1 Å². The number of hydrogen-bond acceptors (Lipinski definition) is 9. The molecule has 202 valence electrons. The van der Waals surface area contributed by atoms with Gasteiger partial charge in [-0.05, 0) is 49.8 Å². The van der Waals surface area contributed by atoms with Crippen LogP contribution in [0.25, 0.3) is 22.0 Å². The van der Waals surface area contributed by atoms with E-state index in [1.54, 1.807) is 6.07 Å². The summed E-state index contributed by atoms with van der Waals surface area (Å²) in [5.41, 5.74) is 1.05. The summed E-state index contributed by atoms with van der Waals surface area (Å²) in [4.78, 5) is 24.0. The first-order chi connectivity index (χ1) is 18.2. The van der Waals surface area contributed by atoms with Crippen molar-refractivity contribution >= 4 is 32.6 Å². The van der Waals surface area contributed by atoms with E-state index in [0.29, 0.717) is 36.8 Å². The maximum Gasteiger partial charge on any atom is 0.319 e. The van der Waals surface area contributed by atoms with Gasteiger partial charge in [-0.1, -0.05) is 6.42 Å². The molecule has 2 aromatic heterocycles. The Balaban J connectivity index is 1.63. The van der Waals surface area contributed by atoms with Crippen molar-refractivity contribution < 1.29 is 32.2 Å². The summed E-state index contributed by atoms with van der Waals surface area (Å²) in [6, 6.07) is 2.42. The van der Waals surface area contributed by atoms with Crippen molar-refractivity contribution in [1.82, 2.24) is 19.7 Å². The van der Waals surface area contributed by atoms with Gasteiger partial charge in [-0.3, -0.25) is 9.78 Å². The predicted octanol–water partition coefficient (Wildman–Crippen LogP) is 3.34. The van der Waals surface area contributed by atoms with Gasteiger partial charge in [0.15, 0.2) is 0 Å². The Labute approximate surface area is 218 Å². The van der Waals surface area contributed by atoms with E-state index in [1.807, 2.05) is 0 Å². The Kier molecular flexibility index (Phi) is 7.05. The Morgan fingerprint density at radius 1 is 1.08 bits per heavy atom. The Hall–Kier alpha value is -3.58. The van der Waals surface area contributed by atoms with E-state index in [0.717, 1.165) is 12.8 Å². The number of nitrogens with zero attached hydrogens (tertiary/aromatic N) is 3. The van der Waals surface area contributed by atoms with Crippen LogP contribution in [0.3, 0.4) is 0 Å². The monoisotopic (exact) mass is 545 g/mol. The number of sulfonamides is 1. The zero-order valence-corrected chi connectivity index (χ0v) is 21.7. The third-order valence-corrected chi connectivity index (χ3v) is 8.40. The number of halogens is 1. The number of ether oxygens (including phenoxy) is 2. The second-order valence-corrected chi connectivity index (χ2v) is 11.3. The molecule has 0 bridgehead atoms. The zero-order valence-electron chi connectivity index (χ0n) is 20.9. The summed E-state index contributed by atoms with van der Waals surface area (Å²) in [7, 11) is -1.18. The van der Waals surface area contributed by atoms with Gasteiger partial charge in [0.05, 0.1) is 42.3 Å². The molecular formula is C25H28FN5O6S. The quantitative estimate of drug-likeness (QED) is 0.365. The van der Waals surface area contributed by atoms with Crippen LogP contribution >= 0.6 is 0 Å². The standard InChI is InChI=1S/C25H28FN5O6S/c1-36-23-17(11-28-25(30-23)37-2)14-9-18(26)21-19(10-14)27-12-20(38(34,35)31-15-6-7-15)22(21)29-16-5-3-4-13(8-16)24(32)33/h9-13,15-16,31H,3-8H2,1-2H3,(H,27,29)(H,32,33)/t13-,16+/m0/s1. The summed E-state index contributed by atoms with van der Waals surface area (Å²) < 4.78 is 55.4. The van der Waals surface area contributed by atoms with Crippen LogP contribution in [0.5, 0.6) is 11.9 Å². The fraction of sp³-hybridized carbons (Fsp3) is 0.440. The van der Waals surface area contributed by atoms with Gasteiger partial charge in [0, 0.05) is 24.5 Å². The topological polar surface area (TPSA) is 153 Å². The van der Waals surface area contributed by atoms with Crippen LogP contribution in [-0.4, -0.2) is 60.7 Å². The van der Waals surface area contributed by atoms with Crippen LogP contribution < -0.4 is 19.5 Å². The summed E-state index contributed by atoms with van der Waals surface area (Å²) in [6.07, 6.45) is 6.24. The van der Waals surface area contributed by atoms with Crippen molar-refractivity contribution in [2.75, 3.05) is 19.5 Å². The third kappa shape index (κ3) is 5.20. The molecule has 0 amide bonds. The molecule has 11 nitrogen and oxygen atoms in total. The fourth-order valence-electron chi connectivity index (χ4n) is 4.80. The van der Waals surface area contributed by atoms with Gasteiger partial charge in [0.1, 0.15) is 10.7 Å². The number of methoxy groups -OCH3 is 2. The van der Waals surface area contributed by atoms with Crippen LogP contribution in [0.15, 0.2) is 29.4 Å². The number of pyridine rings is 1. The molecular weight excluding hydrogens is 517 g/mol. The Bertz CT molecular complexity index is 1500. The number of carboxylic acid groups (broad SMARTS) is 1. The second kappa shape index (κ2) is 10.3. The minimum absolute atomic E-state index is 0.00160. The van der Waals surface area contributed by atoms with E-state index in [-0.39, 0.29) is 45.5 Å². The van der Waals surface area contributed by atoms with E-state index in [2.05, 4.69) is 25.0 Å². The SMILES string of the molecule is COc1ncc(-c2cc(F)c3c(N[C@@H]4CCC[C@H](C(=O)O)C4)c(S(=O)(=O)NC4CC4)cnc3c2)c(OC)n1. The molecule has 2 saturated carbocycles. The molecule has 2 atom stereocenters. The molecule has 0 radical (unpaired) electrons. The van der Waals surface area contributed by atoms with Gasteiger partial charge >= 0.3 is 12.0 Å². The zero-order chi connectivity index (χ0) is 27.0. The third-order valence-electron chi connectivity index (χ3n) is 6.87. The molecule has 0 unspecified atom stereocenters. The van der Waals surface area contributed by atoms with Crippen LogP contribution in [0.1, 0.15) is 38.5 Å². The number of nitrogens with one attached hydrogen (secondary N) is 2. The highest BCUT2D eigenvalue weighted by Gasteiger charge is 2.33. The average Bonchev–Trinajstić information content (AvgIpc) is 3.71. The van der Waals surface area contributed by atoms with Crippen molar-refractivity contribution in [2.24, 2.45) is 5.92 Å². The molecule has 13 heteroatoms. The van der Waals surface area contributed by atoms with E-state index in [4.69, 9.17) is 9.47 Å². The van der Waals surface area contributed by atoms with E-state index in [9.17, 15) is 18.3 Å². The van der Waals surface area contributed by atoms with Crippen molar-refractivity contribution in [3.63, 3.8) is 0 Å². The summed E-state index contributed by atoms with van der Waals surface area (Å²) in [5, 5.41) is 12.7. The first-order valence-electron chi connectivity index (χ1n) is 12.3. The molecule has 1 aromatic carbocycles. The number of anilines is 1. The molecule has 0 spiro atoms. The minimum atomic E-state index is -4.01. The number of aromatic nitrogens is 3. The first-order valence-corrected chi connectivity index (χ1v) is 13.8. The van der Waals surface area contributed by atoms with Gasteiger partial charge in [0.25, 0.3) is 0 Å². The van der Waals surface area contributed by atoms with Gasteiger partial charge in [-0.2, -0.15) is 4.98 Å². The summed E-state index contributed by atoms with van der Waals surface area (Å²) in [6.45, 7) is 0. The van der Waals surface area contributed by atoms with Crippen molar-refractivity contribution in [3.05, 3.63) is 30.3 Å². The summed E-state index contributed by atoms with van der Waals surface area (Å²) in [5.74, 6) is -1.99. The number of hydrogen-bond donors (Lipinski definition) is 3. The van der Waals surface area contributed by atoms with E-state index < -0.39 is 27.7 Å². The van der Waals surface area contributed by atoms with Crippen LogP contribution in [-0.2, 0) is 14.8 Å². The highest BCUT2D eigenvalue weighted by Crippen LogP contribution is 2.39. The average molecular weight is 546 g/mol. The molecule has 38 heavy (non-hydrogen) atoms. The Morgan fingerprint density at radius 3 is 2.55 bits per heavy atom. The number of fused-ring (bicyclic) bond motifs is 1. The molecule has 2 aliphatic carbocycles. The van der Waals surface area contributed by atoms with Crippen LogP contribution in [0.2, 0.25) is 0 Å². The molecule has 2 heterocycles. The Morgan fingerprint density at radius 2 is 1.87 bits per heavy atom. The highest BCUT2D eigenvalue weighted by molar-refractivity contribution is 7.89.